The van der Waals surface area contributed by atoms with Crippen molar-refractivity contribution in [2.45, 2.75) is 53.1 Å². The molecule has 0 spiro atoms. The largest absolute Gasteiger partial charge is 0.349 e. The number of aromatic amines is 1. The van der Waals surface area contributed by atoms with E-state index in [4.69, 9.17) is 21.6 Å². The molecule has 0 bridgehead atoms. The van der Waals surface area contributed by atoms with Crippen molar-refractivity contribution in [1.82, 2.24) is 25.1 Å². The third-order valence-electron chi connectivity index (χ3n) is 8.74. The minimum atomic E-state index is -0.470. The van der Waals surface area contributed by atoms with Gasteiger partial charge in [-0.3, -0.25) is 9.89 Å². The van der Waals surface area contributed by atoms with Crippen molar-refractivity contribution in [3.05, 3.63) is 53.0 Å². The van der Waals surface area contributed by atoms with E-state index in [1.165, 1.54) is 6.08 Å². The molecule has 10 heteroatoms. The molecule has 2 atom stereocenters. The lowest BCUT2D eigenvalue weighted by molar-refractivity contribution is -0.128. The number of aromatic nitrogens is 4. The highest BCUT2D eigenvalue weighted by Crippen LogP contribution is 2.43. The normalized spacial score (nSPS) is 19.7. The lowest BCUT2D eigenvalue weighted by Gasteiger charge is -2.45. The van der Waals surface area contributed by atoms with Crippen LogP contribution in [0.1, 0.15) is 38.4 Å². The van der Waals surface area contributed by atoms with Crippen LogP contribution in [0.3, 0.4) is 0 Å². The average Bonchev–Trinajstić information content (AvgIpc) is 3.30. The molecule has 6 rings (SSSR count). The van der Waals surface area contributed by atoms with Gasteiger partial charge in [0.05, 0.1) is 10.5 Å². The minimum Gasteiger partial charge on any atom is -0.349 e. The number of carbonyl (C=O) groups excluding carboxylic acids is 1. The zero-order valence-electron chi connectivity index (χ0n) is 24.1. The Morgan fingerprint density at radius 1 is 1.15 bits per heavy atom. The molecule has 8 nitrogen and oxygen atoms in total. The molecular weight excluding hydrogens is 541 g/mol. The van der Waals surface area contributed by atoms with E-state index in [-0.39, 0.29) is 23.5 Å². The van der Waals surface area contributed by atoms with Gasteiger partial charge in [-0.15, -0.1) is 0 Å². The molecule has 41 heavy (non-hydrogen) atoms. The van der Waals surface area contributed by atoms with Gasteiger partial charge in [0.15, 0.2) is 5.82 Å². The van der Waals surface area contributed by atoms with Gasteiger partial charge in [-0.1, -0.05) is 31.2 Å². The van der Waals surface area contributed by atoms with E-state index in [0.717, 1.165) is 41.7 Å². The summed E-state index contributed by atoms with van der Waals surface area (Å²) >= 11 is 6.95. The van der Waals surface area contributed by atoms with Crippen LogP contribution in [0.15, 0.2) is 30.9 Å². The van der Waals surface area contributed by atoms with Crippen molar-refractivity contribution < 1.29 is 9.18 Å². The maximum atomic E-state index is 16.9. The first-order valence-electron chi connectivity index (χ1n) is 14.2. The van der Waals surface area contributed by atoms with Gasteiger partial charge in [0.1, 0.15) is 11.3 Å². The van der Waals surface area contributed by atoms with Crippen LogP contribution >= 0.6 is 11.6 Å². The molecule has 2 aliphatic heterocycles. The van der Waals surface area contributed by atoms with Gasteiger partial charge in [-0.25, -0.2) is 9.37 Å². The zero-order chi connectivity index (χ0) is 29.2. The van der Waals surface area contributed by atoms with Gasteiger partial charge in [0, 0.05) is 65.9 Å². The number of benzene rings is 2. The molecule has 0 unspecified atom stereocenters. The van der Waals surface area contributed by atoms with E-state index in [9.17, 15) is 4.79 Å². The number of anilines is 2. The Kier molecular flexibility index (Phi) is 6.88. The number of halogens is 2. The predicted octanol–water partition coefficient (Wildman–Crippen LogP) is 6.04. The van der Waals surface area contributed by atoms with Crippen LogP contribution in [0.5, 0.6) is 0 Å². The highest BCUT2D eigenvalue weighted by atomic mass is 35.5. The second-order valence-electron chi connectivity index (χ2n) is 11.5. The molecule has 1 amide bonds. The number of hydrogen-bond acceptors (Lipinski definition) is 6. The summed E-state index contributed by atoms with van der Waals surface area (Å²) in [6.07, 6.45) is 2.43. The van der Waals surface area contributed by atoms with E-state index in [1.54, 1.807) is 6.07 Å². The summed E-state index contributed by atoms with van der Waals surface area (Å²) in [5.41, 5.74) is 3.78. The standard InChI is InChI=1S/C31H35ClFN7O/c1-7-20-14-38(15-20)31-34-29-21(30(35-31)40-13-17(4)39(12-18(40)5)24(41)8-2)11-22(32)27(28(29)33)25-16(3)9-10-23-26(25)19(6)36-37-23/h8-11,17-18,20H,2,7,12-15H2,1,3-6H3,(H,36,37)/t17-,18+/m1/s1. The Labute approximate surface area is 244 Å². The van der Waals surface area contributed by atoms with Crippen molar-refractivity contribution in [2.75, 3.05) is 36.0 Å². The van der Waals surface area contributed by atoms with Crippen molar-refractivity contribution in [1.29, 1.82) is 0 Å². The number of hydrogen-bond donors (Lipinski definition) is 1. The first-order valence-corrected chi connectivity index (χ1v) is 14.6. The highest BCUT2D eigenvalue weighted by molar-refractivity contribution is 6.35. The third kappa shape index (κ3) is 4.41. The number of fused-ring (bicyclic) bond motifs is 2. The lowest BCUT2D eigenvalue weighted by Crippen LogP contribution is -2.58. The van der Waals surface area contributed by atoms with Gasteiger partial charge in [0.2, 0.25) is 11.9 Å². The van der Waals surface area contributed by atoms with E-state index >= 15 is 4.39 Å². The fraction of sp³-hybridized carbons (Fsp3) is 0.419. The highest BCUT2D eigenvalue weighted by Gasteiger charge is 2.35. The van der Waals surface area contributed by atoms with Gasteiger partial charge < -0.3 is 14.7 Å². The molecule has 4 heterocycles. The number of nitrogens with zero attached hydrogens (tertiary/aromatic N) is 6. The number of carbonyl (C=O) groups is 1. The molecule has 4 aromatic rings. The Bertz CT molecular complexity index is 1700. The van der Waals surface area contributed by atoms with Crippen LogP contribution in [0.4, 0.5) is 16.2 Å². The zero-order valence-corrected chi connectivity index (χ0v) is 24.9. The van der Waals surface area contributed by atoms with Crippen LogP contribution in [0, 0.1) is 25.6 Å². The first kappa shape index (κ1) is 27.4. The Morgan fingerprint density at radius 3 is 2.61 bits per heavy atom. The maximum absolute atomic E-state index is 16.9. The Balaban J connectivity index is 1.56. The predicted molar refractivity (Wildman–Crippen MR) is 163 cm³/mol. The van der Waals surface area contributed by atoms with E-state index in [1.807, 2.05) is 37.8 Å². The van der Waals surface area contributed by atoms with Gasteiger partial charge in [-0.2, -0.15) is 10.1 Å². The quantitative estimate of drug-likeness (QED) is 0.292. The molecule has 214 valence electrons. The van der Waals surface area contributed by atoms with Crippen LogP contribution in [0.25, 0.3) is 32.9 Å². The molecule has 1 N–H and O–H groups in total. The van der Waals surface area contributed by atoms with Crippen molar-refractivity contribution in [3.8, 4) is 11.1 Å². The molecule has 2 fully saturated rings. The average molecular weight is 576 g/mol. The molecule has 2 aliphatic rings. The molecule has 0 saturated carbocycles. The Hall–Kier alpha value is -3.72. The van der Waals surface area contributed by atoms with E-state index in [2.05, 4.69) is 40.4 Å². The summed E-state index contributed by atoms with van der Waals surface area (Å²) in [6, 6.07) is 5.52. The second kappa shape index (κ2) is 10.3. The summed E-state index contributed by atoms with van der Waals surface area (Å²) in [4.78, 5) is 28.4. The number of rotatable bonds is 5. The molecule has 2 aromatic carbocycles. The summed E-state index contributed by atoms with van der Waals surface area (Å²) in [6.45, 7) is 16.5. The van der Waals surface area contributed by atoms with Crippen LogP contribution in [-0.4, -0.2) is 69.2 Å². The number of aryl methyl sites for hydroxylation is 2. The molecule has 0 aliphatic carbocycles. The number of amides is 1. The van der Waals surface area contributed by atoms with Crippen molar-refractivity contribution >= 4 is 51.1 Å². The maximum Gasteiger partial charge on any atom is 0.246 e. The summed E-state index contributed by atoms with van der Waals surface area (Å²) in [5, 5.41) is 9.11. The fourth-order valence-electron chi connectivity index (χ4n) is 6.29. The first-order chi connectivity index (χ1) is 19.6. The molecule has 2 saturated heterocycles. The lowest BCUT2D eigenvalue weighted by atomic mass is 9.94. The monoisotopic (exact) mass is 575 g/mol. The third-order valence-corrected chi connectivity index (χ3v) is 9.04. The summed E-state index contributed by atoms with van der Waals surface area (Å²) in [5.74, 6) is 1.16. The Morgan fingerprint density at radius 2 is 1.90 bits per heavy atom. The molecule has 2 aromatic heterocycles. The molecular formula is C31H35ClFN7O. The second-order valence-corrected chi connectivity index (χ2v) is 11.9. The van der Waals surface area contributed by atoms with E-state index < -0.39 is 5.82 Å². The van der Waals surface area contributed by atoms with Gasteiger partial charge in [0.25, 0.3) is 0 Å². The van der Waals surface area contributed by atoms with Crippen LogP contribution in [-0.2, 0) is 4.79 Å². The minimum absolute atomic E-state index is 0.0630. The van der Waals surface area contributed by atoms with Gasteiger partial charge >= 0.3 is 0 Å². The van der Waals surface area contributed by atoms with Gasteiger partial charge in [-0.05, 0) is 63.8 Å². The number of piperazine rings is 1. The number of H-pyrrole nitrogens is 1. The van der Waals surface area contributed by atoms with Crippen LogP contribution in [0.2, 0.25) is 5.02 Å². The smallest absolute Gasteiger partial charge is 0.246 e. The molecule has 0 radical (unpaired) electrons. The van der Waals surface area contributed by atoms with Crippen molar-refractivity contribution in [2.24, 2.45) is 5.92 Å². The SMILES string of the molecule is C=CC(=O)N1C[C@H](C)N(c2nc(N3CC(CC)C3)nc3c(F)c(-c4c(C)ccc5n[nH]c(C)c45)c(Cl)cc23)C[C@H]1C. The van der Waals surface area contributed by atoms with Crippen LogP contribution < -0.4 is 9.80 Å². The van der Waals surface area contributed by atoms with E-state index in [0.29, 0.717) is 52.3 Å². The number of nitrogens with one attached hydrogen (secondary N) is 1. The van der Waals surface area contributed by atoms with Crippen molar-refractivity contribution in [3.63, 3.8) is 0 Å². The fourth-order valence-corrected chi connectivity index (χ4v) is 6.57. The summed E-state index contributed by atoms with van der Waals surface area (Å²) < 4.78 is 16.9. The topological polar surface area (TPSA) is 81.2 Å². The summed E-state index contributed by atoms with van der Waals surface area (Å²) in [7, 11) is 0.